The molecule has 0 fully saturated rings. The maximum Gasteiger partial charge on any atom is 0.330 e. The second-order valence-corrected chi connectivity index (χ2v) is 10.3. The van der Waals surface area contributed by atoms with Gasteiger partial charge in [-0.25, -0.2) is 14.5 Å². The van der Waals surface area contributed by atoms with Crippen LogP contribution in [0.2, 0.25) is 0 Å². The average molecular weight is 452 g/mol. The fourth-order valence-electron chi connectivity index (χ4n) is 3.66. The highest BCUT2D eigenvalue weighted by Crippen LogP contribution is 2.49. The van der Waals surface area contributed by atoms with Gasteiger partial charge in [0.2, 0.25) is 0 Å². The van der Waals surface area contributed by atoms with Crippen LogP contribution in [0.1, 0.15) is 12.5 Å². The van der Waals surface area contributed by atoms with Crippen molar-refractivity contribution in [2.24, 2.45) is 4.74 Å². The number of rotatable bonds is 7. The highest BCUT2D eigenvalue weighted by atomic mass is 31.2. The second kappa shape index (κ2) is 10.7. The van der Waals surface area contributed by atoms with Crippen molar-refractivity contribution in [3.63, 3.8) is 0 Å². The number of hydrogen-bond acceptors (Lipinski definition) is 4. The number of pyridine rings is 1. The van der Waals surface area contributed by atoms with E-state index in [2.05, 4.69) is 41.4 Å². The topological polar surface area (TPSA) is 51.5 Å². The molecule has 4 rings (SSSR count). The summed E-state index contributed by atoms with van der Waals surface area (Å²) in [5.74, 6) is 0.200. The molecule has 164 valence electrons. The van der Waals surface area contributed by atoms with Crippen LogP contribution >= 0.6 is 7.05 Å². The van der Waals surface area contributed by atoms with E-state index in [9.17, 15) is 4.79 Å². The summed E-state index contributed by atoms with van der Waals surface area (Å²) in [6, 6.07) is 34.9. The Morgan fingerprint density at radius 3 is 1.82 bits per heavy atom. The van der Waals surface area contributed by atoms with Crippen LogP contribution in [0.4, 0.5) is 5.82 Å². The number of esters is 1. The predicted molar refractivity (Wildman–Crippen MR) is 137 cm³/mol. The SMILES string of the molecule is CCOC(=O)/C=C/c1cccnc1N=P(c1ccccc1)(c1ccccc1)c1ccccc1. The van der Waals surface area contributed by atoms with Gasteiger partial charge < -0.3 is 4.74 Å². The molecule has 0 saturated carbocycles. The Kier molecular flexibility index (Phi) is 7.29. The van der Waals surface area contributed by atoms with Gasteiger partial charge in [0.1, 0.15) is 0 Å². The molecule has 0 saturated heterocycles. The molecule has 0 aliphatic carbocycles. The minimum Gasteiger partial charge on any atom is -0.463 e. The van der Waals surface area contributed by atoms with Crippen LogP contribution in [0.3, 0.4) is 0 Å². The van der Waals surface area contributed by atoms with Gasteiger partial charge in [-0.1, -0.05) is 91.0 Å². The fourth-order valence-corrected chi connectivity index (χ4v) is 7.17. The number of nitrogens with zero attached hydrogens (tertiary/aromatic N) is 2. The van der Waals surface area contributed by atoms with Gasteiger partial charge in [-0.3, -0.25) is 0 Å². The lowest BCUT2D eigenvalue weighted by molar-refractivity contribution is -0.137. The lowest BCUT2D eigenvalue weighted by atomic mass is 10.2. The first kappa shape index (κ1) is 22.4. The Bertz CT molecular complexity index is 1180. The maximum atomic E-state index is 11.9. The summed E-state index contributed by atoms with van der Waals surface area (Å²) in [5.41, 5.74) is 0.762. The number of carbonyl (C=O) groups excluding carboxylic acids is 1. The predicted octanol–water partition coefficient (Wildman–Crippen LogP) is 5.47. The summed E-state index contributed by atoms with van der Waals surface area (Å²) in [4.78, 5) is 16.5. The lowest BCUT2D eigenvalue weighted by Gasteiger charge is -2.27. The molecular weight excluding hydrogens is 427 g/mol. The lowest BCUT2D eigenvalue weighted by Crippen LogP contribution is -2.25. The second-order valence-electron chi connectivity index (χ2n) is 7.24. The third-order valence-electron chi connectivity index (χ3n) is 5.14. The van der Waals surface area contributed by atoms with Crippen molar-refractivity contribution in [3.05, 3.63) is 121 Å². The van der Waals surface area contributed by atoms with Crippen molar-refractivity contribution in [3.8, 4) is 0 Å². The van der Waals surface area contributed by atoms with Crippen LogP contribution < -0.4 is 15.9 Å². The third-order valence-corrected chi connectivity index (χ3v) is 8.76. The first-order valence-corrected chi connectivity index (χ1v) is 12.6. The first-order chi connectivity index (χ1) is 16.2. The quantitative estimate of drug-likeness (QED) is 0.212. The van der Waals surface area contributed by atoms with Crippen molar-refractivity contribution in [2.75, 3.05) is 6.61 Å². The summed E-state index contributed by atoms with van der Waals surface area (Å²) in [6.07, 6.45) is 4.88. The largest absolute Gasteiger partial charge is 0.463 e. The minimum atomic E-state index is -2.45. The smallest absolute Gasteiger partial charge is 0.330 e. The van der Waals surface area contributed by atoms with Crippen molar-refractivity contribution in [1.29, 1.82) is 0 Å². The zero-order valence-electron chi connectivity index (χ0n) is 18.4. The number of hydrogen-bond donors (Lipinski definition) is 0. The molecule has 1 aromatic heterocycles. The normalized spacial score (nSPS) is 11.3. The number of benzene rings is 3. The standard InChI is InChI=1S/C28H25N2O2P/c1-2-32-27(31)21-20-23-13-12-22-29-28(23)30-33(24-14-6-3-7-15-24,25-16-8-4-9-17-25)26-18-10-5-11-19-26/h3-22H,2H2,1H3/b21-20+. The van der Waals surface area contributed by atoms with Crippen molar-refractivity contribution < 1.29 is 9.53 Å². The van der Waals surface area contributed by atoms with Gasteiger partial charge in [-0.05, 0) is 25.1 Å². The van der Waals surface area contributed by atoms with E-state index in [1.54, 1.807) is 19.2 Å². The number of ether oxygens (including phenoxy) is 1. The van der Waals surface area contributed by atoms with E-state index < -0.39 is 7.05 Å². The van der Waals surface area contributed by atoms with Crippen LogP contribution in [-0.4, -0.2) is 17.6 Å². The molecule has 0 spiro atoms. The van der Waals surface area contributed by atoms with Crippen molar-refractivity contribution in [2.45, 2.75) is 6.92 Å². The Morgan fingerprint density at radius 1 is 0.818 bits per heavy atom. The molecule has 0 radical (unpaired) electrons. The highest BCUT2D eigenvalue weighted by Gasteiger charge is 2.27. The monoisotopic (exact) mass is 452 g/mol. The summed E-state index contributed by atoms with van der Waals surface area (Å²) in [6.45, 7) is 2.12. The molecule has 0 bridgehead atoms. The van der Waals surface area contributed by atoms with Gasteiger partial charge >= 0.3 is 5.97 Å². The molecule has 0 amide bonds. The molecule has 4 aromatic rings. The Balaban J connectivity index is 2.03. The van der Waals surface area contributed by atoms with Gasteiger partial charge in [0.25, 0.3) is 0 Å². The van der Waals surface area contributed by atoms with Crippen LogP contribution in [0.5, 0.6) is 0 Å². The van der Waals surface area contributed by atoms with E-state index in [1.165, 1.54) is 6.08 Å². The molecule has 4 nitrogen and oxygen atoms in total. The maximum absolute atomic E-state index is 11.9. The van der Waals surface area contributed by atoms with Crippen LogP contribution in [0, 0.1) is 0 Å². The fraction of sp³-hybridized carbons (Fsp3) is 0.0714. The Hall–Kier alpha value is -3.75. The van der Waals surface area contributed by atoms with E-state index in [1.807, 2.05) is 66.7 Å². The minimum absolute atomic E-state index is 0.331. The zero-order valence-corrected chi connectivity index (χ0v) is 19.3. The van der Waals surface area contributed by atoms with Crippen LogP contribution in [-0.2, 0) is 9.53 Å². The van der Waals surface area contributed by atoms with E-state index in [0.717, 1.165) is 21.5 Å². The Morgan fingerprint density at radius 2 is 1.33 bits per heavy atom. The zero-order chi connectivity index (χ0) is 22.9. The van der Waals surface area contributed by atoms with E-state index in [0.29, 0.717) is 12.4 Å². The molecule has 5 heteroatoms. The molecule has 0 atom stereocenters. The van der Waals surface area contributed by atoms with Crippen molar-refractivity contribution in [1.82, 2.24) is 4.98 Å². The number of carbonyl (C=O) groups is 1. The molecule has 0 aliphatic rings. The number of aromatic nitrogens is 1. The van der Waals surface area contributed by atoms with Crippen LogP contribution in [0.15, 0.2) is 120 Å². The summed E-state index contributed by atoms with van der Waals surface area (Å²) >= 11 is 0. The molecule has 0 aliphatic heterocycles. The Labute approximate surface area is 194 Å². The van der Waals surface area contributed by atoms with Crippen molar-refractivity contribution >= 4 is 40.8 Å². The third kappa shape index (κ3) is 5.02. The van der Waals surface area contributed by atoms with Gasteiger partial charge in [-0.2, -0.15) is 0 Å². The van der Waals surface area contributed by atoms with E-state index in [-0.39, 0.29) is 5.97 Å². The van der Waals surface area contributed by atoms with Gasteiger partial charge in [0.05, 0.1) is 13.7 Å². The highest BCUT2D eigenvalue weighted by molar-refractivity contribution is 7.87. The molecule has 3 aromatic carbocycles. The van der Waals surface area contributed by atoms with Gasteiger partial charge in [0.15, 0.2) is 5.82 Å². The molecule has 0 N–H and O–H groups in total. The van der Waals surface area contributed by atoms with Gasteiger partial charge in [-0.15, -0.1) is 0 Å². The molecule has 33 heavy (non-hydrogen) atoms. The molecule has 1 heterocycles. The van der Waals surface area contributed by atoms with Gasteiger partial charge in [0, 0.05) is 33.7 Å². The average Bonchev–Trinajstić information content (AvgIpc) is 2.88. The molecule has 0 unspecified atom stereocenters. The summed E-state index contributed by atoms with van der Waals surface area (Å²) in [5, 5.41) is 3.40. The van der Waals surface area contributed by atoms with E-state index in [4.69, 9.17) is 9.48 Å². The first-order valence-electron chi connectivity index (χ1n) is 10.8. The van der Waals surface area contributed by atoms with E-state index >= 15 is 0 Å². The summed E-state index contributed by atoms with van der Waals surface area (Å²) in [7, 11) is -2.45. The van der Waals surface area contributed by atoms with Crippen LogP contribution in [0.25, 0.3) is 6.08 Å². The summed E-state index contributed by atoms with van der Waals surface area (Å²) < 4.78 is 10.5. The molecular formula is C28H25N2O2P.